The molecular formula is C13H16N4S. The normalized spacial score (nSPS) is 18.4. The Kier molecular flexibility index (Phi) is 3.23. The van der Waals surface area contributed by atoms with E-state index in [1.165, 1.54) is 17.7 Å². The molecule has 94 valence electrons. The van der Waals surface area contributed by atoms with Gasteiger partial charge in [-0.05, 0) is 37.3 Å². The van der Waals surface area contributed by atoms with Crippen LogP contribution in [-0.2, 0) is 12.8 Å². The van der Waals surface area contributed by atoms with Crippen LogP contribution < -0.4 is 5.32 Å². The Labute approximate surface area is 110 Å². The highest BCUT2D eigenvalue weighted by Crippen LogP contribution is 2.31. The molecular weight excluding hydrogens is 244 g/mol. The van der Waals surface area contributed by atoms with Gasteiger partial charge in [0.15, 0.2) is 0 Å². The van der Waals surface area contributed by atoms with Crippen LogP contribution in [0.2, 0.25) is 0 Å². The smallest absolute Gasteiger partial charge is 0.206 e. The summed E-state index contributed by atoms with van der Waals surface area (Å²) in [7, 11) is 0. The van der Waals surface area contributed by atoms with Crippen molar-refractivity contribution in [2.45, 2.75) is 38.6 Å². The van der Waals surface area contributed by atoms with Crippen LogP contribution in [0.25, 0.3) is 0 Å². The highest BCUT2D eigenvalue weighted by atomic mass is 32.1. The minimum absolute atomic E-state index is 0.285. The quantitative estimate of drug-likeness (QED) is 0.921. The van der Waals surface area contributed by atoms with Gasteiger partial charge >= 0.3 is 0 Å². The molecule has 1 N–H and O–H groups in total. The lowest BCUT2D eigenvalue weighted by Gasteiger charge is -2.24. The molecule has 2 aromatic heterocycles. The Morgan fingerprint density at radius 2 is 2.39 bits per heavy atom. The van der Waals surface area contributed by atoms with Crippen LogP contribution in [0.4, 0.5) is 5.13 Å². The third kappa shape index (κ3) is 2.22. The van der Waals surface area contributed by atoms with Gasteiger partial charge in [-0.25, -0.2) is 0 Å². The van der Waals surface area contributed by atoms with Gasteiger partial charge in [-0.3, -0.25) is 4.98 Å². The first-order chi connectivity index (χ1) is 8.86. The van der Waals surface area contributed by atoms with E-state index in [0.29, 0.717) is 0 Å². The predicted octanol–water partition coefficient (Wildman–Crippen LogP) is 2.99. The van der Waals surface area contributed by atoms with Crippen molar-refractivity contribution in [3.63, 3.8) is 0 Å². The van der Waals surface area contributed by atoms with Crippen LogP contribution in [0.3, 0.4) is 0 Å². The number of aryl methyl sites for hydroxylation is 2. The van der Waals surface area contributed by atoms with E-state index in [-0.39, 0.29) is 6.04 Å². The Balaban J connectivity index is 1.81. The van der Waals surface area contributed by atoms with Crippen molar-refractivity contribution < 1.29 is 0 Å². The predicted molar refractivity (Wildman–Crippen MR) is 72.8 cm³/mol. The van der Waals surface area contributed by atoms with Crippen molar-refractivity contribution in [1.82, 2.24) is 15.2 Å². The summed E-state index contributed by atoms with van der Waals surface area (Å²) in [5.74, 6) is 0. The summed E-state index contributed by atoms with van der Waals surface area (Å²) >= 11 is 1.64. The van der Waals surface area contributed by atoms with Gasteiger partial charge in [0, 0.05) is 6.20 Å². The summed E-state index contributed by atoms with van der Waals surface area (Å²) in [4.78, 5) is 4.52. The molecule has 2 heterocycles. The summed E-state index contributed by atoms with van der Waals surface area (Å²) < 4.78 is 0. The number of rotatable bonds is 3. The molecule has 18 heavy (non-hydrogen) atoms. The van der Waals surface area contributed by atoms with Crippen molar-refractivity contribution in [1.29, 1.82) is 0 Å². The lowest BCUT2D eigenvalue weighted by molar-refractivity contribution is 0.582. The maximum absolute atomic E-state index is 4.52. The molecule has 0 saturated heterocycles. The van der Waals surface area contributed by atoms with Gasteiger partial charge in [0.05, 0.1) is 11.7 Å². The Morgan fingerprint density at radius 1 is 1.44 bits per heavy atom. The topological polar surface area (TPSA) is 50.7 Å². The van der Waals surface area contributed by atoms with E-state index < -0.39 is 0 Å². The van der Waals surface area contributed by atoms with E-state index in [0.717, 1.165) is 29.4 Å². The van der Waals surface area contributed by atoms with Gasteiger partial charge in [0.2, 0.25) is 5.13 Å². The first-order valence-corrected chi connectivity index (χ1v) is 7.21. The third-order valence-corrected chi connectivity index (χ3v) is 4.26. The second-order valence-electron chi connectivity index (χ2n) is 4.49. The highest BCUT2D eigenvalue weighted by Gasteiger charge is 2.22. The summed E-state index contributed by atoms with van der Waals surface area (Å²) in [6.45, 7) is 2.10. The van der Waals surface area contributed by atoms with E-state index in [4.69, 9.17) is 0 Å². The zero-order valence-corrected chi connectivity index (χ0v) is 11.2. The van der Waals surface area contributed by atoms with E-state index in [1.54, 1.807) is 11.3 Å². The lowest BCUT2D eigenvalue weighted by Crippen LogP contribution is -2.18. The summed E-state index contributed by atoms with van der Waals surface area (Å²) in [5, 5.41) is 13.8. The molecule has 0 radical (unpaired) electrons. The number of hydrogen-bond acceptors (Lipinski definition) is 5. The van der Waals surface area contributed by atoms with Crippen molar-refractivity contribution >= 4 is 16.5 Å². The summed E-state index contributed by atoms with van der Waals surface area (Å²) in [6, 6.07) is 4.47. The second-order valence-corrected chi connectivity index (χ2v) is 5.55. The minimum atomic E-state index is 0.285. The largest absolute Gasteiger partial charge is 0.352 e. The van der Waals surface area contributed by atoms with Crippen molar-refractivity contribution in [3.8, 4) is 0 Å². The Hall–Kier alpha value is -1.49. The van der Waals surface area contributed by atoms with Gasteiger partial charge in [0.25, 0.3) is 0 Å². The van der Waals surface area contributed by atoms with Crippen molar-refractivity contribution in [2.75, 3.05) is 5.32 Å². The number of nitrogens with zero attached hydrogens (tertiary/aromatic N) is 3. The van der Waals surface area contributed by atoms with Gasteiger partial charge in [0.1, 0.15) is 5.01 Å². The molecule has 0 spiro atoms. The zero-order chi connectivity index (χ0) is 12.4. The van der Waals surface area contributed by atoms with Gasteiger partial charge < -0.3 is 5.32 Å². The molecule has 1 unspecified atom stereocenters. The van der Waals surface area contributed by atoms with Crippen molar-refractivity contribution in [3.05, 3.63) is 34.6 Å². The molecule has 0 aromatic carbocycles. The number of fused-ring (bicyclic) bond motifs is 1. The molecule has 2 aromatic rings. The van der Waals surface area contributed by atoms with E-state index in [1.807, 2.05) is 12.3 Å². The number of anilines is 1. The molecule has 1 atom stereocenters. The van der Waals surface area contributed by atoms with Crippen LogP contribution in [-0.4, -0.2) is 15.2 Å². The molecule has 5 heteroatoms. The Morgan fingerprint density at radius 3 is 3.22 bits per heavy atom. The Bertz CT molecular complexity index is 537. The number of aromatic nitrogens is 3. The SMILES string of the molecule is CCc1nnc(NC2CCCc3cccnc32)s1. The van der Waals surface area contributed by atoms with Crippen LogP contribution >= 0.6 is 11.3 Å². The average Bonchev–Trinajstić information content (AvgIpc) is 2.87. The van der Waals surface area contributed by atoms with Crippen LogP contribution in [0.5, 0.6) is 0 Å². The van der Waals surface area contributed by atoms with Crippen LogP contribution in [0, 0.1) is 0 Å². The highest BCUT2D eigenvalue weighted by molar-refractivity contribution is 7.15. The first kappa shape index (κ1) is 11.6. The van der Waals surface area contributed by atoms with E-state index in [9.17, 15) is 0 Å². The molecule has 4 nitrogen and oxygen atoms in total. The monoisotopic (exact) mass is 260 g/mol. The van der Waals surface area contributed by atoms with Crippen molar-refractivity contribution in [2.24, 2.45) is 0 Å². The number of pyridine rings is 1. The number of hydrogen-bond donors (Lipinski definition) is 1. The van der Waals surface area contributed by atoms with Gasteiger partial charge in [-0.15, -0.1) is 10.2 Å². The average molecular weight is 260 g/mol. The summed E-state index contributed by atoms with van der Waals surface area (Å²) in [5.41, 5.74) is 2.54. The molecule has 0 saturated carbocycles. The van der Waals surface area contributed by atoms with E-state index in [2.05, 4.69) is 33.5 Å². The fourth-order valence-electron chi connectivity index (χ4n) is 2.35. The molecule has 0 aliphatic heterocycles. The third-order valence-electron chi connectivity index (χ3n) is 3.26. The second kappa shape index (κ2) is 5.02. The molecule has 1 aliphatic rings. The van der Waals surface area contributed by atoms with E-state index >= 15 is 0 Å². The molecule has 3 rings (SSSR count). The first-order valence-electron chi connectivity index (χ1n) is 6.39. The number of nitrogens with one attached hydrogen (secondary N) is 1. The fourth-order valence-corrected chi connectivity index (χ4v) is 3.09. The minimum Gasteiger partial charge on any atom is -0.352 e. The molecule has 0 amide bonds. The summed E-state index contributed by atoms with van der Waals surface area (Å²) in [6.07, 6.45) is 6.27. The van der Waals surface area contributed by atoms with Gasteiger partial charge in [-0.1, -0.05) is 24.3 Å². The van der Waals surface area contributed by atoms with Crippen LogP contribution in [0.15, 0.2) is 18.3 Å². The molecule has 0 bridgehead atoms. The fraction of sp³-hybridized carbons (Fsp3) is 0.462. The van der Waals surface area contributed by atoms with Gasteiger partial charge in [-0.2, -0.15) is 0 Å². The standard InChI is InChI=1S/C13H16N4S/c1-2-11-16-17-13(18-11)15-10-7-3-5-9-6-4-8-14-12(9)10/h4,6,8,10H,2-3,5,7H2,1H3,(H,15,17). The maximum atomic E-state index is 4.52. The molecule has 0 fully saturated rings. The van der Waals surface area contributed by atoms with Crippen LogP contribution in [0.1, 0.15) is 42.1 Å². The zero-order valence-electron chi connectivity index (χ0n) is 10.4. The lowest BCUT2D eigenvalue weighted by atomic mass is 9.92. The maximum Gasteiger partial charge on any atom is 0.206 e. The molecule has 1 aliphatic carbocycles.